The maximum absolute atomic E-state index is 13.1. The van der Waals surface area contributed by atoms with E-state index in [2.05, 4.69) is 5.32 Å². The number of benzene rings is 2. The lowest BCUT2D eigenvalue weighted by atomic mass is 10.2. The Labute approximate surface area is 164 Å². The normalized spacial score (nSPS) is 14.6. The number of quaternary nitrogens is 1. The molecule has 1 aliphatic rings. The summed E-state index contributed by atoms with van der Waals surface area (Å²) in [5.41, 5.74) is 2.11. The average molecular weight is 385 g/mol. The minimum Gasteiger partial charge on any atom is -0.459 e. The van der Waals surface area contributed by atoms with E-state index in [9.17, 15) is 14.0 Å². The Bertz CT molecular complexity index is 815. The fourth-order valence-electron chi connectivity index (χ4n) is 3.09. The topological polar surface area (TPSA) is 59.8 Å². The molecule has 0 heterocycles. The number of anilines is 1. The smallest absolute Gasteiger partial charge is 0.338 e. The number of halogens is 1. The SMILES string of the molecule is CC(C)OC(=O)c1ccc(NC(=O)C[NH+](Cc2ccc(F)cc2)C2CC2)cc1. The Hall–Kier alpha value is -2.73. The molecule has 1 unspecified atom stereocenters. The monoisotopic (exact) mass is 385 g/mol. The summed E-state index contributed by atoms with van der Waals surface area (Å²) in [6.45, 7) is 4.64. The van der Waals surface area contributed by atoms with Gasteiger partial charge in [-0.2, -0.15) is 0 Å². The number of nitrogens with one attached hydrogen (secondary N) is 2. The van der Waals surface area contributed by atoms with Crippen LogP contribution >= 0.6 is 0 Å². The molecule has 1 amide bonds. The molecule has 0 spiro atoms. The zero-order chi connectivity index (χ0) is 20.1. The van der Waals surface area contributed by atoms with Gasteiger partial charge in [0, 0.05) is 24.1 Å². The van der Waals surface area contributed by atoms with E-state index in [0.717, 1.165) is 18.4 Å². The van der Waals surface area contributed by atoms with Crippen LogP contribution in [0.2, 0.25) is 0 Å². The van der Waals surface area contributed by atoms with Gasteiger partial charge in [-0.1, -0.05) is 12.1 Å². The lowest BCUT2D eigenvalue weighted by Gasteiger charge is -2.19. The zero-order valence-corrected chi connectivity index (χ0v) is 16.2. The van der Waals surface area contributed by atoms with Crippen LogP contribution < -0.4 is 10.2 Å². The predicted molar refractivity (Wildman–Crippen MR) is 105 cm³/mol. The second kappa shape index (κ2) is 8.97. The quantitative estimate of drug-likeness (QED) is 0.687. The molecule has 3 rings (SSSR count). The van der Waals surface area contributed by atoms with Gasteiger partial charge in [-0.25, -0.2) is 9.18 Å². The van der Waals surface area contributed by atoms with Gasteiger partial charge in [0.25, 0.3) is 5.91 Å². The van der Waals surface area contributed by atoms with Gasteiger partial charge in [-0.15, -0.1) is 0 Å². The van der Waals surface area contributed by atoms with E-state index in [4.69, 9.17) is 4.74 Å². The van der Waals surface area contributed by atoms with Crippen molar-refractivity contribution in [2.75, 3.05) is 11.9 Å². The maximum Gasteiger partial charge on any atom is 0.338 e. The van der Waals surface area contributed by atoms with Crippen LogP contribution in [0.4, 0.5) is 10.1 Å². The molecule has 1 atom stereocenters. The van der Waals surface area contributed by atoms with E-state index in [1.807, 2.05) is 0 Å². The van der Waals surface area contributed by atoms with E-state index >= 15 is 0 Å². The molecule has 2 aromatic rings. The van der Waals surface area contributed by atoms with Crippen LogP contribution in [0.25, 0.3) is 0 Å². The molecule has 0 bridgehead atoms. The van der Waals surface area contributed by atoms with E-state index in [1.165, 1.54) is 17.0 Å². The summed E-state index contributed by atoms with van der Waals surface area (Å²) in [6, 6.07) is 13.6. The average Bonchev–Trinajstić information content (AvgIpc) is 3.48. The predicted octanol–water partition coefficient (Wildman–Crippen LogP) is 2.58. The van der Waals surface area contributed by atoms with Crippen LogP contribution in [-0.2, 0) is 16.1 Å². The second-order valence-corrected chi connectivity index (χ2v) is 7.49. The number of amides is 1. The second-order valence-electron chi connectivity index (χ2n) is 7.49. The lowest BCUT2D eigenvalue weighted by Crippen LogP contribution is -3.13. The molecule has 1 aliphatic carbocycles. The molecule has 2 N–H and O–H groups in total. The maximum atomic E-state index is 13.1. The summed E-state index contributed by atoms with van der Waals surface area (Å²) < 4.78 is 18.2. The highest BCUT2D eigenvalue weighted by Gasteiger charge is 2.34. The van der Waals surface area contributed by atoms with Gasteiger partial charge < -0.3 is 15.0 Å². The molecule has 0 saturated heterocycles. The minimum absolute atomic E-state index is 0.0819. The van der Waals surface area contributed by atoms with Crippen molar-refractivity contribution in [1.29, 1.82) is 0 Å². The summed E-state index contributed by atoms with van der Waals surface area (Å²) in [5, 5.41) is 2.88. The Morgan fingerprint density at radius 1 is 1.11 bits per heavy atom. The van der Waals surface area contributed by atoms with E-state index in [1.54, 1.807) is 50.2 Å². The number of hydrogen-bond acceptors (Lipinski definition) is 3. The van der Waals surface area contributed by atoms with Gasteiger partial charge in [0.1, 0.15) is 12.4 Å². The van der Waals surface area contributed by atoms with Crippen LogP contribution in [0.1, 0.15) is 42.6 Å². The molecule has 148 valence electrons. The zero-order valence-electron chi connectivity index (χ0n) is 16.2. The third-order valence-corrected chi connectivity index (χ3v) is 4.63. The fourth-order valence-corrected chi connectivity index (χ4v) is 3.09. The molecule has 0 radical (unpaired) electrons. The highest BCUT2D eigenvalue weighted by molar-refractivity contribution is 5.93. The van der Waals surface area contributed by atoms with Gasteiger partial charge in [0.2, 0.25) is 0 Å². The number of rotatable bonds is 8. The summed E-state index contributed by atoms with van der Waals surface area (Å²) in [4.78, 5) is 25.5. The van der Waals surface area contributed by atoms with Crippen molar-refractivity contribution in [2.24, 2.45) is 0 Å². The summed E-state index contributed by atoms with van der Waals surface area (Å²) in [6.07, 6.45) is 2.04. The molecule has 0 aromatic heterocycles. The van der Waals surface area contributed by atoms with Crippen LogP contribution in [0.5, 0.6) is 0 Å². The van der Waals surface area contributed by atoms with Crippen LogP contribution in [0.3, 0.4) is 0 Å². The van der Waals surface area contributed by atoms with Gasteiger partial charge in [-0.05, 0) is 50.2 Å². The highest BCUT2D eigenvalue weighted by atomic mass is 19.1. The van der Waals surface area contributed by atoms with Crippen molar-refractivity contribution in [3.05, 3.63) is 65.5 Å². The molecular formula is C22H26FN2O3+. The number of carbonyl (C=O) groups is 2. The standard InChI is InChI=1S/C22H25FN2O3/c1-15(2)28-22(27)17-5-9-19(10-6-17)24-21(26)14-25(20-11-12-20)13-16-3-7-18(23)8-4-16/h3-10,15,20H,11-14H2,1-2H3,(H,24,26)/p+1. The first-order valence-corrected chi connectivity index (χ1v) is 9.60. The number of carbonyl (C=O) groups excluding carboxylic acids is 2. The first-order valence-electron chi connectivity index (χ1n) is 9.60. The molecule has 1 saturated carbocycles. The molecule has 2 aromatic carbocycles. The summed E-state index contributed by atoms with van der Waals surface area (Å²) in [7, 11) is 0. The van der Waals surface area contributed by atoms with Crippen molar-refractivity contribution >= 4 is 17.6 Å². The third kappa shape index (κ3) is 5.89. The van der Waals surface area contributed by atoms with Crippen LogP contribution in [-0.4, -0.2) is 30.6 Å². The number of esters is 1. The van der Waals surface area contributed by atoms with Crippen molar-refractivity contribution in [3.8, 4) is 0 Å². The molecule has 28 heavy (non-hydrogen) atoms. The fraction of sp³-hybridized carbons (Fsp3) is 0.364. The van der Waals surface area contributed by atoms with Crippen molar-refractivity contribution in [2.45, 2.75) is 45.4 Å². The Kier molecular flexibility index (Phi) is 6.41. The Balaban J connectivity index is 1.56. The molecule has 5 nitrogen and oxygen atoms in total. The van der Waals surface area contributed by atoms with Crippen molar-refractivity contribution < 1.29 is 23.6 Å². The largest absolute Gasteiger partial charge is 0.459 e. The van der Waals surface area contributed by atoms with Crippen molar-refractivity contribution in [1.82, 2.24) is 0 Å². The van der Waals surface area contributed by atoms with Gasteiger partial charge in [0.05, 0.1) is 17.7 Å². The Morgan fingerprint density at radius 2 is 1.75 bits per heavy atom. The van der Waals surface area contributed by atoms with E-state index in [-0.39, 0.29) is 23.8 Å². The Morgan fingerprint density at radius 3 is 2.32 bits per heavy atom. The van der Waals surface area contributed by atoms with Crippen LogP contribution in [0.15, 0.2) is 48.5 Å². The number of hydrogen-bond donors (Lipinski definition) is 2. The van der Waals surface area contributed by atoms with Crippen LogP contribution in [0, 0.1) is 5.82 Å². The molecule has 0 aliphatic heterocycles. The van der Waals surface area contributed by atoms with Crippen molar-refractivity contribution in [3.63, 3.8) is 0 Å². The first kappa shape index (κ1) is 20.0. The molecular weight excluding hydrogens is 359 g/mol. The summed E-state index contributed by atoms with van der Waals surface area (Å²) in [5.74, 6) is -0.715. The number of ether oxygens (including phenoxy) is 1. The summed E-state index contributed by atoms with van der Waals surface area (Å²) >= 11 is 0. The highest BCUT2D eigenvalue weighted by Crippen LogP contribution is 2.16. The van der Waals surface area contributed by atoms with E-state index < -0.39 is 0 Å². The van der Waals surface area contributed by atoms with Gasteiger partial charge in [-0.3, -0.25) is 4.79 Å². The lowest BCUT2D eigenvalue weighted by molar-refractivity contribution is -0.916. The molecule has 6 heteroatoms. The minimum atomic E-state index is -0.378. The first-order chi connectivity index (χ1) is 13.4. The molecule has 1 fully saturated rings. The van der Waals surface area contributed by atoms with Gasteiger partial charge >= 0.3 is 5.97 Å². The third-order valence-electron chi connectivity index (χ3n) is 4.63. The van der Waals surface area contributed by atoms with Gasteiger partial charge in [0.15, 0.2) is 6.54 Å². The van der Waals surface area contributed by atoms with E-state index in [0.29, 0.717) is 30.4 Å².